The average molecular weight is 518 g/mol. The molecule has 0 amide bonds. The van der Waals surface area contributed by atoms with E-state index in [0.29, 0.717) is 19.6 Å². The highest BCUT2D eigenvalue weighted by Crippen LogP contribution is 2.63. The Hall–Kier alpha value is 0.270. The SMILES string of the molecule is [B]C1CNCC(COC(C)(C)P(=O)(N(C)C)N2CC([B])OC(COP(=O)(C(C)C)N(C)C)C2)O1. The molecule has 2 rings (SSSR count). The number of ether oxygens (including phenoxy) is 3. The third kappa shape index (κ3) is 6.97. The molecule has 2 heterocycles. The smallest absolute Gasteiger partial charge is 0.274 e. The number of rotatable bonds is 11. The van der Waals surface area contributed by atoms with Crippen LogP contribution in [-0.4, -0.2) is 133 Å². The molecule has 0 aliphatic carbocycles. The first-order valence-electron chi connectivity index (χ1n) is 11.8. The number of hydrogen-bond donors (Lipinski definition) is 1. The molecule has 0 bridgehead atoms. The second kappa shape index (κ2) is 12.2. The summed E-state index contributed by atoms with van der Waals surface area (Å²) in [6.45, 7) is 9.43. The maximum absolute atomic E-state index is 14.6. The van der Waals surface area contributed by atoms with E-state index in [2.05, 4.69) is 5.32 Å². The van der Waals surface area contributed by atoms with Gasteiger partial charge in [-0.1, -0.05) is 13.8 Å². The second-order valence-corrected chi connectivity index (χ2v) is 16.8. The molecular weight excluding hydrogens is 476 g/mol. The minimum absolute atomic E-state index is 0.0754. The van der Waals surface area contributed by atoms with Crippen molar-refractivity contribution in [1.29, 1.82) is 0 Å². The summed E-state index contributed by atoms with van der Waals surface area (Å²) in [5.41, 5.74) is -0.180. The third-order valence-electron chi connectivity index (χ3n) is 6.16. The van der Waals surface area contributed by atoms with Gasteiger partial charge in [0.05, 0.1) is 25.4 Å². The Balaban J connectivity index is 2.15. The first-order valence-corrected chi connectivity index (χ1v) is 15.0. The van der Waals surface area contributed by atoms with Gasteiger partial charge in [-0.25, -0.2) is 14.0 Å². The zero-order valence-corrected chi connectivity index (χ0v) is 23.8. The molecule has 0 aromatic heterocycles. The van der Waals surface area contributed by atoms with E-state index in [1.165, 1.54) is 0 Å². The van der Waals surface area contributed by atoms with Gasteiger partial charge in [0.25, 0.3) is 7.52 Å². The molecule has 2 aliphatic rings. The van der Waals surface area contributed by atoms with Gasteiger partial charge < -0.3 is 24.1 Å². The van der Waals surface area contributed by atoms with E-state index in [1.54, 1.807) is 37.5 Å². The summed E-state index contributed by atoms with van der Waals surface area (Å²) in [7, 11) is 12.8. The van der Waals surface area contributed by atoms with Gasteiger partial charge in [0.2, 0.25) is 7.44 Å². The molecule has 2 fully saturated rings. The molecule has 194 valence electrons. The maximum atomic E-state index is 14.6. The van der Waals surface area contributed by atoms with Gasteiger partial charge in [-0.05, 0) is 42.0 Å². The number of nitrogens with one attached hydrogen (secondary N) is 1. The summed E-state index contributed by atoms with van der Waals surface area (Å²) in [6, 6.07) is -1.07. The molecule has 0 aromatic rings. The van der Waals surface area contributed by atoms with Crippen molar-refractivity contribution in [3.8, 4) is 0 Å². The second-order valence-electron chi connectivity index (χ2n) is 10.1. The fourth-order valence-corrected chi connectivity index (χ4v) is 9.38. The standard InChI is InChI=1S/C20H42B2N4O6P2/c1-15(2)33(27,24(5)6)30-14-17-11-26(12-19(22)32-17)34(28,25(7)8)20(3,4)29-13-16-9-23-10-18(21)31-16/h15-19,23H,9-14H2,1-8H3. The molecule has 0 saturated carbocycles. The van der Waals surface area contributed by atoms with Crippen LogP contribution in [0.5, 0.6) is 0 Å². The van der Waals surface area contributed by atoms with Crippen LogP contribution in [0.2, 0.25) is 0 Å². The monoisotopic (exact) mass is 518 g/mol. The van der Waals surface area contributed by atoms with Gasteiger partial charge in [0, 0.05) is 43.8 Å². The molecule has 4 radical (unpaired) electrons. The highest BCUT2D eigenvalue weighted by atomic mass is 31.2. The summed E-state index contributed by atoms with van der Waals surface area (Å²) in [5.74, 6) is 0. The van der Waals surface area contributed by atoms with Crippen LogP contribution >= 0.6 is 15.0 Å². The lowest BCUT2D eigenvalue weighted by molar-refractivity contribution is -0.0790. The van der Waals surface area contributed by atoms with Crippen LogP contribution in [0, 0.1) is 0 Å². The fourth-order valence-electron chi connectivity index (χ4n) is 4.36. The summed E-state index contributed by atoms with van der Waals surface area (Å²) < 4.78 is 56.7. The Morgan fingerprint density at radius 3 is 2.15 bits per heavy atom. The lowest BCUT2D eigenvalue weighted by Gasteiger charge is -2.49. The molecule has 14 heteroatoms. The minimum atomic E-state index is -3.29. The summed E-state index contributed by atoms with van der Waals surface area (Å²) in [4.78, 5) is 0. The van der Waals surface area contributed by atoms with Crippen molar-refractivity contribution in [2.24, 2.45) is 0 Å². The first-order chi connectivity index (χ1) is 15.6. The van der Waals surface area contributed by atoms with Crippen LogP contribution in [-0.2, 0) is 27.9 Å². The van der Waals surface area contributed by atoms with Crippen LogP contribution in [0.25, 0.3) is 0 Å². The summed E-state index contributed by atoms with van der Waals surface area (Å²) >= 11 is 0. The predicted molar refractivity (Wildman–Crippen MR) is 137 cm³/mol. The highest BCUT2D eigenvalue weighted by molar-refractivity contribution is 7.60. The van der Waals surface area contributed by atoms with E-state index in [-0.39, 0.29) is 31.5 Å². The molecule has 10 nitrogen and oxygen atoms in total. The topological polar surface area (TPSA) is 92.8 Å². The van der Waals surface area contributed by atoms with Gasteiger partial charge in [-0.15, -0.1) is 0 Å². The van der Waals surface area contributed by atoms with Gasteiger partial charge in [0.1, 0.15) is 21.0 Å². The highest BCUT2D eigenvalue weighted by Gasteiger charge is 2.51. The van der Waals surface area contributed by atoms with E-state index in [1.807, 2.05) is 32.4 Å². The third-order valence-corrected chi connectivity index (χ3v) is 12.8. The largest absolute Gasteiger partial charge is 0.380 e. The number of hydrogen-bond acceptors (Lipinski definition) is 7. The van der Waals surface area contributed by atoms with Crippen molar-refractivity contribution in [3.63, 3.8) is 0 Å². The normalized spacial score (nSPS) is 31.0. The van der Waals surface area contributed by atoms with E-state index in [9.17, 15) is 9.13 Å². The molecule has 6 unspecified atom stereocenters. The van der Waals surface area contributed by atoms with Gasteiger partial charge in [-0.3, -0.25) is 9.13 Å². The Labute approximate surface area is 208 Å². The van der Waals surface area contributed by atoms with E-state index < -0.39 is 38.4 Å². The first kappa shape index (κ1) is 30.5. The molecule has 6 atom stereocenters. The average Bonchev–Trinajstić information content (AvgIpc) is 2.74. The minimum Gasteiger partial charge on any atom is -0.380 e. The molecule has 34 heavy (non-hydrogen) atoms. The Bertz CT molecular complexity index is 749. The van der Waals surface area contributed by atoms with E-state index in [0.717, 1.165) is 0 Å². The molecule has 0 aromatic carbocycles. The van der Waals surface area contributed by atoms with Crippen LogP contribution in [0.1, 0.15) is 27.7 Å². The molecule has 1 N–H and O–H groups in total. The van der Waals surface area contributed by atoms with Crippen molar-refractivity contribution >= 4 is 30.7 Å². The predicted octanol–water partition coefficient (Wildman–Crippen LogP) is 1.35. The fraction of sp³-hybridized carbons (Fsp3) is 1.00. The zero-order chi connectivity index (χ0) is 25.9. The Morgan fingerprint density at radius 1 is 1.00 bits per heavy atom. The summed E-state index contributed by atoms with van der Waals surface area (Å²) in [5, 5.41) is 2.17. The van der Waals surface area contributed by atoms with Gasteiger partial charge in [0.15, 0.2) is 0 Å². The molecule has 2 saturated heterocycles. The van der Waals surface area contributed by atoms with E-state index in [4.69, 9.17) is 34.4 Å². The van der Waals surface area contributed by atoms with Crippen molar-refractivity contribution in [2.45, 2.75) is 62.9 Å². The number of nitrogens with zero attached hydrogens (tertiary/aromatic N) is 3. The van der Waals surface area contributed by atoms with Crippen molar-refractivity contribution in [2.75, 3.05) is 67.6 Å². The molecule has 2 aliphatic heterocycles. The van der Waals surface area contributed by atoms with Crippen molar-refractivity contribution < 1.29 is 27.9 Å². The van der Waals surface area contributed by atoms with Crippen molar-refractivity contribution in [3.05, 3.63) is 0 Å². The van der Waals surface area contributed by atoms with Gasteiger partial charge in [-0.2, -0.15) is 0 Å². The van der Waals surface area contributed by atoms with Crippen LogP contribution in [0.4, 0.5) is 0 Å². The Morgan fingerprint density at radius 2 is 1.62 bits per heavy atom. The zero-order valence-electron chi connectivity index (χ0n) is 22.0. The van der Waals surface area contributed by atoms with Crippen LogP contribution in [0.3, 0.4) is 0 Å². The van der Waals surface area contributed by atoms with E-state index >= 15 is 0 Å². The molecular formula is C20H42B2N4O6P2. The van der Waals surface area contributed by atoms with Crippen LogP contribution < -0.4 is 5.32 Å². The van der Waals surface area contributed by atoms with Crippen LogP contribution in [0.15, 0.2) is 0 Å². The molecule has 0 spiro atoms. The quantitative estimate of drug-likeness (QED) is 0.320. The Kier molecular flexibility index (Phi) is 10.9. The van der Waals surface area contributed by atoms with Crippen molar-refractivity contribution in [1.82, 2.24) is 19.3 Å². The number of morpholine rings is 2. The maximum Gasteiger partial charge on any atom is 0.274 e. The summed E-state index contributed by atoms with van der Waals surface area (Å²) in [6.07, 6.45) is -0.730. The lowest BCUT2D eigenvalue weighted by Crippen LogP contribution is -2.53. The van der Waals surface area contributed by atoms with Gasteiger partial charge >= 0.3 is 0 Å². The lowest BCUT2D eigenvalue weighted by atomic mass is 9.98.